The lowest BCUT2D eigenvalue weighted by molar-refractivity contribution is -0.200. The van der Waals surface area contributed by atoms with Crippen LogP contribution in [0.1, 0.15) is 115 Å². The summed E-state index contributed by atoms with van der Waals surface area (Å²) in [5, 5.41) is 38.4. The van der Waals surface area contributed by atoms with E-state index in [1.807, 2.05) is 43.3 Å². The van der Waals surface area contributed by atoms with Crippen molar-refractivity contribution < 1.29 is 84.4 Å². The molecule has 2 unspecified atom stereocenters. The van der Waals surface area contributed by atoms with Gasteiger partial charge in [0.2, 0.25) is 10.6 Å². The second-order valence-electron chi connectivity index (χ2n) is 24.6. The van der Waals surface area contributed by atoms with Crippen molar-refractivity contribution in [2.75, 3.05) is 63.1 Å². The van der Waals surface area contributed by atoms with Crippen molar-refractivity contribution >= 4 is 87.5 Å². The molecule has 11 rings (SSSR count). The molecule has 12 atom stereocenters. The quantitative estimate of drug-likeness (QED) is 0.0410. The number of hydrogen-bond acceptors (Lipinski definition) is 26. The average molecular weight is 1360 g/mol. The molecule has 4 aromatic heterocycles. The number of aryl methyl sites for hydroxylation is 2. The maximum Gasteiger partial charge on any atom is 0.343 e. The summed E-state index contributed by atoms with van der Waals surface area (Å²) in [6.45, 7) is 13.1. The van der Waals surface area contributed by atoms with Gasteiger partial charge in [0.25, 0.3) is 0 Å². The molecule has 3 fully saturated rings. The van der Waals surface area contributed by atoms with Gasteiger partial charge in [-0.1, -0.05) is 59.0 Å². The highest BCUT2D eigenvalue weighted by atomic mass is 35.5. The van der Waals surface area contributed by atoms with E-state index < -0.39 is 115 Å². The number of aliphatic hydroxyl groups is 2. The number of nitrogens with zero attached hydrogens (tertiary/aromatic N) is 12. The summed E-state index contributed by atoms with van der Waals surface area (Å²) < 4.78 is 112. The van der Waals surface area contributed by atoms with E-state index in [4.69, 9.17) is 74.6 Å². The molecule has 6 aromatic rings. The highest BCUT2D eigenvalue weighted by Crippen LogP contribution is 2.67. The first kappa shape index (κ1) is 67.8. The number of halogens is 2. The van der Waals surface area contributed by atoms with E-state index in [0.717, 1.165) is 37.5 Å². The fourth-order valence-corrected chi connectivity index (χ4v) is 20.2. The lowest BCUT2D eigenvalue weighted by Crippen LogP contribution is -2.34. The van der Waals surface area contributed by atoms with Gasteiger partial charge in [-0.3, -0.25) is 18.3 Å². The predicted molar refractivity (Wildman–Crippen MR) is 324 cm³/mol. The molecule has 0 saturated carbocycles. The van der Waals surface area contributed by atoms with Crippen LogP contribution in [0.25, 0.3) is 22.3 Å². The SMILES string of the molecule is COP(=O)(CP(=O)(O)O)OC[C@H]1O[C@@H](n2nnc3c(N(C)[C@H]4CCc5ccccc54)nc(Cl)nc32)[C@H](O)[C@@H]1O.COP(=O)(CP(=O)(OC(C)(C)C)OC(C)(C)C)OC[C@H]1O[C@@H](n2nnc3c(N(C)[C@H]4CCc5ccccc54)nc(Cl)nc32)[C@@H]2OC(C)(C)O[C@@H]21. The standard InChI is InChI=1S/C32H47ClN6O9P2.C21H27ClN6O9P2/c1-30(2,3)47-50(41,48-31(4,5)6)18-49(40,42-10)43-17-22-24-25(46-32(7,8)45-24)28(44-22)39-27-23(36-37-39)26(34-29(33)35-27)38(9)21-16-15-19-13-11-12-14-20(19)21;1-27(13-8-7-11-5-3-4-6-12(11)13)18-15-19(24-21(22)23-18)28(26-25-15)20-17(30)16(29)14(37-20)9-36-39(34,35-2)10-38(31,32)33/h11-14,21-22,24-25,28H,15-18H2,1-10H3;3-6,13-14,16-17,20,29-30H,7-10H2,1-2H3,(H2,31,32,33)/t21-,22+,24+,25+,28+,49?;13-,14+,16+,17+,20+,39?/m00/s1. The minimum Gasteiger partial charge on any atom is -0.387 e. The van der Waals surface area contributed by atoms with Gasteiger partial charge in [-0.05, 0) is 127 Å². The molecule has 0 bridgehead atoms. The Morgan fingerprint density at radius 1 is 0.629 bits per heavy atom. The molecular weight excluding hydrogens is 1290 g/mol. The number of benzene rings is 2. The second-order valence-corrected chi connectivity index (χ2v) is 34.1. The molecule has 2 aliphatic carbocycles. The maximum absolute atomic E-state index is 14.0. The number of aromatic nitrogens is 10. The average Bonchev–Trinajstić information content (AvgIpc) is 1.63. The van der Waals surface area contributed by atoms with Gasteiger partial charge < -0.3 is 75.9 Å². The van der Waals surface area contributed by atoms with Crippen LogP contribution < -0.4 is 9.80 Å². The van der Waals surface area contributed by atoms with Crippen LogP contribution in [0.5, 0.6) is 0 Å². The fourth-order valence-electron chi connectivity index (χ4n) is 11.7. The largest absolute Gasteiger partial charge is 0.387 e. The van der Waals surface area contributed by atoms with E-state index in [0.29, 0.717) is 28.3 Å². The Hall–Kier alpha value is -4.06. The molecule has 3 aliphatic heterocycles. The lowest BCUT2D eigenvalue weighted by atomic mass is 10.1. The molecule has 7 heterocycles. The van der Waals surface area contributed by atoms with E-state index >= 15 is 0 Å². The molecule has 89 heavy (non-hydrogen) atoms. The van der Waals surface area contributed by atoms with E-state index in [9.17, 15) is 28.5 Å². The number of aliphatic hydroxyl groups excluding tert-OH is 2. The third-order valence-corrected chi connectivity index (χ3v) is 25.1. The molecule has 0 radical (unpaired) electrons. The minimum absolute atomic E-state index is 0.0156. The summed E-state index contributed by atoms with van der Waals surface area (Å²) in [6.07, 6.45) is -5.02. The minimum atomic E-state index is -4.73. The van der Waals surface area contributed by atoms with Crippen molar-refractivity contribution in [1.29, 1.82) is 0 Å². The van der Waals surface area contributed by atoms with Crippen LogP contribution >= 0.6 is 53.6 Å². The summed E-state index contributed by atoms with van der Waals surface area (Å²) in [4.78, 5) is 40.0. The van der Waals surface area contributed by atoms with E-state index in [2.05, 4.69) is 74.2 Å². The number of rotatable bonds is 20. The zero-order valence-corrected chi connectivity index (χ0v) is 56.1. The Kier molecular flexibility index (Phi) is 19.6. The van der Waals surface area contributed by atoms with Gasteiger partial charge in [-0.2, -0.15) is 29.3 Å². The van der Waals surface area contributed by atoms with Crippen LogP contribution in [-0.2, 0) is 77.2 Å². The first-order valence-electron chi connectivity index (χ1n) is 28.4. The van der Waals surface area contributed by atoms with Crippen molar-refractivity contribution in [2.45, 2.75) is 159 Å². The molecule has 3 saturated heterocycles. The zero-order chi connectivity index (χ0) is 64.6. The van der Waals surface area contributed by atoms with Gasteiger partial charge >= 0.3 is 30.4 Å². The summed E-state index contributed by atoms with van der Waals surface area (Å²) in [5.74, 6) is -1.79. The summed E-state index contributed by atoms with van der Waals surface area (Å²) in [7, 11) is -11.0. The Bertz CT molecular complexity index is 3760. The Morgan fingerprint density at radius 2 is 1.07 bits per heavy atom. The van der Waals surface area contributed by atoms with Crippen LogP contribution in [0.3, 0.4) is 0 Å². The molecule has 30 nitrogen and oxygen atoms in total. The molecular formula is C53H74Cl2N12O18P4. The number of ether oxygens (including phenoxy) is 4. The van der Waals surface area contributed by atoms with Gasteiger partial charge in [0.1, 0.15) is 36.6 Å². The maximum atomic E-state index is 14.0. The number of fused-ring (bicyclic) bond motifs is 5. The molecule has 2 aromatic carbocycles. The monoisotopic (exact) mass is 1360 g/mol. The fraction of sp³-hybridized carbons (Fsp3) is 0.623. The van der Waals surface area contributed by atoms with E-state index in [-0.39, 0.29) is 34.9 Å². The molecule has 36 heteroatoms. The predicted octanol–water partition coefficient (Wildman–Crippen LogP) is 8.66. The smallest absolute Gasteiger partial charge is 0.343 e. The summed E-state index contributed by atoms with van der Waals surface area (Å²) in [5.41, 5.74) is 4.45. The topological polar surface area (TPSA) is 361 Å². The van der Waals surface area contributed by atoms with Crippen molar-refractivity contribution in [2.24, 2.45) is 0 Å². The van der Waals surface area contributed by atoms with Crippen molar-refractivity contribution in [3.8, 4) is 0 Å². The van der Waals surface area contributed by atoms with E-state index in [1.165, 1.54) is 34.0 Å². The Morgan fingerprint density at radius 3 is 1.54 bits per heavy atom. The summed E-state index contributed by atoms with van der Waals surface area (Å²) >= 11 is 12.8. The van der Waals surface area contributed by atoms with Crippen LogP contribution in [0.4, 0.5) is 11.6 Å². The van der Waals surface area contributed by atoms with Gasteiger partial charge in [0.15, 0.2) is 64.0 Å². The van der Waals surface area contributed by atoms with Crippen LogP contribution in [0.2, 0.25) is 10.6 Å². The zero-order valence-electron chi connectivity index (χ0n) is 51.0. The molecule has 5 aliphatic rings. The van der Waals surface area contributed by atoms with E-state index in [1.54, 1.807) is 55.4 Å². The number of anilines is 2. The van der Waals surface area contributed by atoms with Crippen molar-refractivity contribution in [3.05, 3.63) is 81.4 Å². The van der Waals surface area contributed by atoms with Crippen LogP contribution in [-0.4, -0.2) is 177 Å². The normalized spacial score (nSPS) is 26.4. The highest BCUT2D eigenvalue weighted by molar-refractivity contribution is 7.71. The molecule has 0 amide bonds. The first-order valence-corrected chi connectivity index (χ1v) is 36.2. The molecule has 4 N–H and O–H groups in total. The first-order chi connectivity index (χ1) is 41.6. The van der Waals surface area contributed by atoms with Crippen molar-refractivity contribution in [1.82, 2.24) is 49.9 Å². The van der Waals surface area contributed by atoms with Gasteiger partial charge in [0, 0.05) is 28.3 Å². The molecule has 0 spiro atoms. The number of hydrogen-bond donors (Lipinski definition) is 4. The third kappa shape index (κ3) is 15.0. The van der Waals surface area contributed by atoms with Crippen molar-refractivity contribution in [3.63, 3.8) is 0 Å². The second kappa shape index (κ2) is 25.7. The highest BCUT2D eigenvalue weighted by Gasteiger charge is 2.58. The Balaban J connectivity index is 0.000000202. The lowest BCUT2D eigenvalue weighted by Gasteiger charge is -2.33. The Labute approximate surface area is 523 Å². The van der Waals surface area contributed by atoms with Gasteiger partial charge in [-0.25, -0.2) is 0 Å². The van der Waals surface area contributed by atoms with Crippen LogP contribution in [0, 0.1) is 0 Å². The molecule has 488 valence electrons. The third-order valence-electron chi connectivity index (χ3n) is 15.3. The summed E-state index contributed by atoms with van der Waals surface area (Å²) in [6, 6.07) is 16.6. The van der Waals surface area contributed by atoms with Gasteiger partial charge in [0.05, 0.1) is 36.5 Å². The van der Waals surface area contributed by atoms with Crippen LogP contribution in [0.15, 0.2) is 48.5 Å². The van der Waals surface area contributed by atoms with Gasteiger partial charge in [-0.15, -0.1) is 10.2 Å².